The van der Waals surface area contributed by atoms with E-state index >= 15 is 0 Å². The fraction of sp³-hybridized carbons (Fsp3) is 0.250. The number of hydrogen-bond donors (Lipinski definition) is 3. The fourth-order valence-electron chi connectivity index (χ4n) is 1.75. The Bertz CT molecular complexity index is 705. The van der Waals surface area contributed by atoms with Gasteiger partial charge in [0, 0.05) is 11.7 Å². The van der Waals surface area contributed by atoms with Crippen molar-refractivity contribution in [2.75, 3.05) is 5.73 Å². The highest BCUT2D eigenvalue weighted by Gasteiger charge is 2.18. The second kappa shape index (κ2) is 5.41. The minimum Gasteiger partial charge on any atom is -0.478 e. The Morgan fingerprint density at radius 2 is 2.20 bits per heavy atom. The van der Waals surface area contributed by atoms with Gasteiger partial charge in [0.1, 0.15) is 0 Å². The van der Waals surface area contributed by atoms with Gasteiger partial charge in [-0.05, 0) is 37.7 Å². The largest absolute Gasteiger partial charge is 0.478 e. The van der Waals surface area contributed by atoms with Crippen LogP contribution in [-0.2, 0) is 0 Å². The van der Waals surface area contributed by atoms with Gasteiger partial charge in [-0.25, -0.2) is 14.7 Å². The number of nitrogens with one attached hydrogen (secondary N) is 1. The lowest BCUT2D eigenvalue weighted by Crippen LogP contribution is -2.19. The molecule has 0 aliphatic carbocycles. The topological polar surface area (TPSA) is 114 Å². The molecule has 0 spiro atoms. The maximum Gasteiger partial charge on any atom is 0.344 e. The third-order valence-electron chi connectivity index (χ3n) is 2.66. The molecule has 0 saturated heterocycles. The van der Waals surface area contributed by atoms with Gasteiger partial charge in [-0.15, -0.1) is 5.10 Å². The van der Waals surface area contributed by atoms with Crippen LogP contribution in [0.3, 0.4) is 0 Å². The van der Waals surface area contributed by atoms with Crippen LogP contribution >= 0.6 is 11.8 Å². The third kappa shape index (κ3) is 2.55. The number of H-pyrrole nitrogens is 1. The van der Waals surface area contributed by atoms with E-state index in [0.29, 0.717) is 15.7 Å². The molecule has 20 heavy (non-hydrogen) atoms. The molecule has 2 rings (SSSR count). The van der Waals surface area contributed by atoms with Crippen molar-refractivity contribution in [3.05, 3.63) is 34.2 Å². The van der Waals surface area contributed by atoms with Crippen molar-refractivity contribution < 1.29 is 9.90 Å². The zero-order valence-electron chi connectivity index (χ0n) is 11.0. The zero-order chi connectivity index (χ0) is 14.9. The van der Waals surface area contributed by atoms with Gasteiger partial charge in [-0.2, -0.15) is 0 Å². The lowest BCUT2D eigenvalue weighted by atomic mass is 10.2. The highest BCUT2D eigenvalue weighted by molar-refractivity contribution is 7.99. The molecule has 0 bridgehead atoms. The Hall–Kier alpha value is -2.22. The SMILES string of the molecule is CC(C)n1c(Sc2c(N)cccc2C(=O)O)n[nH]c1=O. The van der Waals surface area contributed by atoms with Crippen molar-refractivity contribution >= 4 is 23.4 Å². The van der Waals surface area contributed by atoms with Gasteiger partial charge in [0.15, 0.2) is 5.16 Å². The van der Waals surface area contributed by atoms with E-state index in [-0.39, 0.29) is 17.3 Å². The molecule has 0 unspecified atom stereocenters. The van der Waals surface area contributed by atoms with E-state index in [2.05, 4.69) is 10.2 Å². The summed E-state index contributed by atoms with van der Waals surface area (Å²) in [4.78, 5) is 23.3. The molecule has 7 nitrogen and oxygen atoms in total. The second-order valence-corrected chi connectivity index (χ2v) is 5.38. The molecule has 0 aliphatic heterocycles. The summed E-state index contributed by atoms with van der Waals surface area (Å²) in [6.45, 7) is 3.68. The van der Waals surface area contributed by atoms with Gasteiger partial charge in [-0.1, -0.05) is 6.07 Å². The molecule has 8 heteroatoms. The first-order valence-electron chi connectivity index (χ1n) is 5.88. The summed E-state index contributed by atoms with van der Waals surface area (Å²) in [6, 6.07) is 4.55. The molecular weight excluding hydrogens is 280 g/mol. The Morgan fingerprint density at radius 1 is 1.50 bits per heavy atom. The Kier molecular flexibility index (Phi) is 3.84. The smallest absolute Gasteiger partial charge is 0.344 e. The van der Waals surface area contributed by atoms with Gasteiger partial charge in [0.2, 0.25) is 0 Å². The molecule has 2 aromatic rings. The molecule has 0 amide bonds. The number of nitrogen functional groups attached to an aromatic ring is 1. The average Bonchev–Trinajstić information content (AvgIpc) is 2.72. The fourth-order valence-corrected chi connectivity index (χ4v) is 2.86. The summed E-state index contributed by atoms with van der Waals surface area (Å²) < 4.78 is 1.45. The molecule has 0 saturated carbocycles. The predicted octanol–water partition coefficient (Wildman–Crippen LogP) is 1.58. The molecule has 1 heterocycles. The number of carbonyl (C=O) groups is 1. The van der Waals surface area contributed by atoms with E-state index in [1.807, 2.05) is 13.8 Å². The highest BCUT2D eigenvalue weighted by atomic mass is 32.2. The standard InChI is InChI=1S/C12H14N4O3S/c1-6(2)16-11(19)14-15-12(16)20-9-7(10(17)18)4-3-5-8(9)13/h3-6H,13H2,1-2H3,(H,14,19)(H,17,18). The number of nitrogens with two attached hydrogens (primary N) is 1. The van der Waals surface area contributed by atoms with Crippen molar-refractivity contribution in [2.45, 2.75) is 29.9 Å². The van der Waals surface area contributed by atoms with Crippen LogP contribution in [0.5, 0.6) is 0 Å². The van der Waals surface area contributed by atoms with Gasteiger partial charge < -0.3 is 10.8 Å². The summed E-state index contributed by atoms with van der Waals surface area (Å²) in [6.07, 6.45) is 0. The molecule has 4 N–H and O–H groups in total. The summed E-state index contributed by atoms with van der Waals surface area (Å²) in [5, 5.41) is 15.8. The molecule has 1 aromatic heterocycles. The van der Waals surface area contributed by atoms with Crippen LogP contribution in [0.2, 0.25) is 0 Å². The van der Waals surface area contributed by atoms with Crippen LogP contribution < -0.4 is 11.4 Å². The van der Waals surface area contributed by atoms with E-state index in [1.165, 1.54) is 10.6 Å². The number of carboxylic acid groups (broad SMARTS) is 1. The first-order chi connectivity index (χ1) is 9.41. The minimum absolute atomic E-state index is 0.0840. The van der Waals surface area contributed by atoms with Crippen LogP contribution in [0.25, 0.3) is 0 Å². The summed E-state index contributed by atoms with van der Waals surface area (Å²) >= 11 is 1.06. The number of aromatic amines is 1. The first kappa shape index (κ1) is 14.2. The van der Waals surface area contributed by atoms with Gasteiger partial charge >= 0.3 is 11.7 Å². The quantitative estimate of drug-likeness (QED) is 0.738. The lowest BCUT2D eigenvalue weighted by molar-refractivity contribution is 0.0693. The summed E-state index contributed by atoms with van der Waals surface area (Å²) in [5.74, 6) is -1.08. The van der Waals surface area contributed by atoms with Crippen molar-refractivity contribution in [1.82, 2.24) is 14.8 Å². The number of nitrogens with zero attached hydrogens (tertiary/aromatic N) is 2. The first-order valence-corrected chi connectivity index (χ1v) is 6.70. The summed E-state index contributed by atoms with van der Waals surface area (Å²) in [5.41, 5.74) is 5.91. The van der Waals surface area contributed by atoms with Crippen LogP contribution in [0, 0.1) is 0 Å². The van der Waals surface area contributed by atoms with Gasteiger partial charge in [0.05, 0.1) is 10.5 Å². The number of benzene rings is 1. The predicted molar refractivity (Wildman–Crippen MR) is 75.2 cm³/mol. The normalized spacial score (nSPS) is 10.9. The highest BCUT2D eigenvalue weighted by Crippen LogP contribution is 2.34. The molecule has 0 radical (unpaired) electrons. The minimum atomic E-state index is -1.08. The van der Waals surface area contributed by atoms with Crippen LogP contribution in [0.4, 0.5) is 5.69 Å². The van der Waals surface area contributed by atoms with Crippen molar-refractivity contribution in [1.29, 1.82) is 0 Å². The maximum absolute atomic E-state index is 11.7. The van der Waals surface area contributed by atoms with E-state index in [1.54, 1.807) is 12.1 Å². The number of rotatable bonds is 4. The Labute approximate surface area is 118 Å². The monoisotopic (exact) mass is 294 g/mol. The molecule has 1 aromatic carbocycles. The third-order valence-corrected chi connectivity index (χ3v) is 3.79. The van der Waals surface area contributed by atoms with Crippen molar-refractivity contribution in [3.8, 4) is 0 Å². The van der Waals surface area contributed by atoms with Crippen LogP contribution in [0.15, 0.2) is 33.0 Å². The maximum atomic E-state index is 11.7. The van der Waals surface area contributed by atoms with E-state index in [9.17, 15) is 14.7 Å². The zero-order valence-corrected chi connectivity index (χ0v) is 11.8. The van der Waals surface area contributed by atoms with E-state index in [4.69, 9.17) is 5.73 Å². The lowest BCUT2D eigenvalue weighted by Gasteiger charge is -2.11. The molecule has 0 fully saturated rings. The molecule has 106 valence electrons. The number of aromatic nitrogens is 3. The van der Waals surface area contributed by atoms with Crippen molar-refractivity contribution in [2.24, 2.45) is 0 Å². The van der Waals surface area contributed by atoms with E-state index < -0.39 is 5.97 Å². The molecule has 0 atom stereocenters. The van der Waals surface area contributed by atoms with E-state index in [0.717, 1.165) is 11.8 Å². The second-order valence-electron chi connectivity index (χ2n) is 4.41. The van der Waals surface area contributed by atoms with Gasteiger partial charge in [-0.3, -0.25) is 4.57 Å². The van der Waals surface area contributed by atoms with Crippen LogP contribution in [0.1, 0.15) is 30.2 Å². The number of aromatic carboxylic acids is 1. The summed E-state index contributed by atoms with van der Waals surface area (Å²) in [7, 11) is 0. The number of carboxylic acids is 1. The van der Waals surface area contributed by atoms with Crippen LogP contribution in [-0.4, -0.2) is 25.8 Å². The number of anilines is 1. The Balaban J connectivity index is 2.51. The van der Waals surface area contributed by atoms with Gasteiger partial charge in [0.25, 0.3) is 0 Å². The molecular formula is C12H14N4O3S. The average molecular weight is 294 g/mol. The number of hydrogen-bond acceptors (Lipinski definition) is 5. The Morgan fingerprint density at radius 3 is 2.80 bits per heavy atom. The molecule has 0 aliphatic rings. The van der Waals surface area contributed by atoms with Crippen molar-refractivity contribution in [3.63, 3.8) is 0 Å².